The fourth-order valence-electron chi connectivity index (χ4n) is 2.12. The number of aromatic carboxylic acids is 2. The Morgan fingerprint density at radius 3 is 1.44 bits per heavy atom. The molecule has 0 saturated carbocycles. The SMILES string of the molecule is C#Cc1ccc(S(=O)(=O)c2ccc(C#C)c(C(=O)O)c2)cc1C(=O)O. The molecule has 0 aliphatic heterocycles. The maximum atomic E-state index is 12.7. The van der Waals surface area contributed by atoms with Gasteiger partial charge in [0.25, 0.3) is 0 Å². The van der Waals surface area contributed by atoms with Gasteiger partial charge in [0.05, 0.1) is 20.9 Å². The van der Waals surface area contributed by atoms with E-state index in [2.05, 4.69) is 11.8 Å². The van der Waals surface area contributed by atoms with Crippen molar-refractivity contribution in [2.45, 2.75) is 9.79 Å². The second-order valence-electron chi connectivity index (χ2n) is 4.82. The lowest BCUT2D eigenvalue weighted by atomic mass is 10.1. The number of carbonyl (C=O) groups is 2. The molecular weight excluding hydrogens is 344 g/mol. The minimum Gasteiger partial charge on any atom is -0.478 e. The molecule has 7 heteroatoms. The van der Waals surface area contributed by atoms with E-state index in [1.807, 2.05) is 0 Å². The minimum absolute atomic E-state index is 0.0281. The lowest BCUT2D eigenvalue weighted by Gasteiger charge is -2.09. The molecule has 124 valence electrons. The molecule has 0 spiro atoms. The second-order valence-corrected chi connectivity index (χ2v) is 6.77. The first-order valence-electron chi connectivity index (χ1n) is 6.65. The quantitative estimate of drug-likeness (QED) is 0.812. The third kappa shape index (κ3) is 3.23. The highest BCUT2D eigenvalue weighted by atomic mass is 32.2. The molecule has 0 fully saturated rings. The lowest BCUT2D eigenvalue weighted by molar-refractivity contribution is 0.0685. The molecule has 0 aromatic heterocycles. The highest BCUT2D eigenvalue weighted by Crippen LogP contribution is 2.25. The number of hydrogen-bond acceptors (Lipinski definition) is 4. The van der Waals surface area contributed by atoms with Crippen LogP contribution < -0.4 is 0 Å². The number of carboxylic acids is 2. The summed E-state index contributed by atoms with van der Waals surface area (Å²) < 4.78 is 25.4. The standard InChI is InChI=1S/C18H10O6S/c1-3-11-5-7-13(9-15(11)17(19)20)25(23,24)14-8-6-12(4-2)16(10-14)18(21)22/h1-2,5-10H,(H,19,20)(H,21,22). The Bertz CT molecular complexity index is 1000. The van der Waals surface area contributed by atoms with Crippen LogP contribution in [0.2, 0.25) is 0 Å². The minimum atomic E-state index is -4.16. The summed E-state index contributed by atoms with van der Waals surface area (Å²) in [7, 11) is -4.16. The van der Waals surface area contributed by atoms with Crippen molar-refractivity contribution in [2.75, 3.05) is 0 Å². The average molecular weight is 354 g/mol. The van der Waals surface area contributed by atoms with Crippen molar-refractivity contribution in [1.82, 2.24) is 0 Å². The summed E-state index contributed by atoms with van der Waals surface area (Å²) in [5.41, 5.74) is -0.634. The highest BCUT2D eigenvalue weighted by Gasteiger charge is 2.23. The molecule has 2 N–H and O–H groups in total. The summed E-state index contributed by atoms with van der Waals surface area (Å²) in [6.07, 6.45) is 10.4. The summed E-state index contributed by atoms with van der Waals surface area (Å²) in [6.45, 7) is 0. The summed E-state index contributed by atoms with van der Waals surface area (Å²) in [6, 6.07) is 6.58. The fraction of sp³-hybridized carbons (Fsp3) is 0. The smallest absolute Gasteiger partial charge is 0.337 e. The summed E-state index contributed by atoms with van der Waals surface area (Å²) in [4.78, 5) is 21.8. The molecule has 2 aromatic rings. The van der Waals surface area contributed by atoms with E-state index >= 15 is 0 Å². The van der Waals surface area contributed by atoms with Crippen LogP contribution in [0.3, 0.4) is 0 Å². The first kappa shape index (κ1) is 17.8. The lowest BCUT2D eigenvalue weighted by Crippen LogP contribution is -2.08. The largest absolute Gasteiger partial charge is 0.478 e. The molecule has 2 rings (SSSR count). The van der Waals surface area contributed by atoms with E-state index in [4.69, 9.17) is 23.1 Å². The van der Waals surface area contributed by atoms with Gasteiger partial charge in [-0.25, -0.2) is 18.0 Å². The van der Waals surface area contributed by atoms with Crippen LogP contribution in [-0.4, -0.2) is 30.6 Å². The van der Waals surface area contributed by atoms with Crippen molar-refractivity contribution in [2.24, 2.45) is 0 Å². The van der Waals surface area contributed by atoms with Crippen LogP contribution in [0.1, 0.15) is 31.8 Å². The van der Waals surface area contributed by atoms with Crippen LogP contribution >= 0.6 is 0 Å². The van der Waals surface area contributed by atoms with Crippen LogP contribution in [0.4, 0.5) is 0 Å². The van der Waals surface area contributed by atoms with Gasteiger partial charge in [-0.05, 0) is 36.4 Å². The Morgan fingerprint density at radius 1 is 0.800 bits per heavy atom. The fourth-order valence-corrected chi connectivity index (χ4v) is 3.44. The van der Waals surface area contributed by atoms with Gasteiger partial charge in [0.15, 0.2) is 0 Å². The molecule has 0 unspecified atom stereocenters. The predicted octanol–water partition coefficient (Wildman–Crippen LogP) is 1.88. The molecule has 0 aliphatic rings. The maximum absolute atomic E-state index is 12.7. The molecule has 0 saturated heterocycles. The van der Waals surface area contributed by atoms with Gasteiger partial charge in [-0.15, -0.1) is 12.8 Å². The Hall–Kier alpha value is -3.55. The first-order valence-corrected chi connectivity index (χ1v) is 8.13. The van der Waals surface area contributed by atoms with Gasteiger partial charge in [0.2, 0.25) is 9.84 Å². The van der Waals surface area contributed by atoms with Gasteiger partial charge in [-0.3, -0.25) is 0 Å². The van der Waals surface area contributed by atoms with E-state index in [1.165, 1.54) is 12.1 Å². The number of terminal acetylenes is 2. The Morgan fingerprint density at radius 2 is 1.16 bits per heavy atom. The van der Waals surface area contributed by atoms with Gasteiger partial charge in [-0.2, -0.15) is 0 Å². The molecule has 2 aromatic carbocycles. The number of rotatable bonds is 4. The van der Waals surface area contributed by atoms with Crippen LogP contribution in [0.15, 0.2) is 46.2 Å². The molecule has 0 radical (unpaired) electrons. The van der Waals surface area contributed by atoms with Crippen molar-refractivity contribution in [3.63, 3.8) is 0 Å². The van der Waals surface area contributed by atoms with Crippen molar-refractivity contribution >= 4 is 21.8 Å². The zero-order valence-corrected chi connectivity index (χ0v) is 13.4. The van der Waals surface area contributed by atoms with Crippen molar-refractivity contribution in [1.29, 1.82) is 0 Å². The van der Waals surface area contributed by atoms with E-state index in [-0.39, 0.29) is 32.0 Å². The van der Waals surface area contributed by atoms with Gasteiger partial charge in [-0.1, -0.05) is 11.8 Å². The number of hydrogen-bond donors (Lipinski definition) is 2. The molecular formula is C18H10O6S. The Balaban J connectivity index is 2.69. The molecule has 0 amide bonds. The van der Waals surface area contributed by atoms with Crippen LogP contribution in [0.25, 0.3) is 0 Å². The first-order chi connectivity index (χ1) is 11.7. The molecule has 25 heavy (non-hydrogen) atoms. The maximum Gasteiger partial charge on any atom is 0.337 e. The van der Waals surface area contributed by atoms with E-state index in [0.717, 1.165) is 24.3 Å². The topological polar surface area (TPSA) is 109 Å². The van der Waals surface area contributed by atoms with Crippen LogP contribution in [0.5, 0.6) is 0 Å². The second kappa shape index (κ2) is 6.52. The summed E-state index contributed by atoms with van der Waals surface area (Å²) in [5.74, 6) is 1.57. The monoisotopic (exact) mass is 354 g/mol. The third-order valence-corrected chi connectivity index (χ3v) is 5.12. The number of carboxylic acid groups (broad SMARTS) is 2. The third-order valence-electron chi connectivity index (χ3n) is 3.37. The number of sulfone groups is 1. The van der Waals surface area contributed by atoms with E-state index in [1.54, 1.807) is 0 Å². The van der Waals surface area contributed by atoms with Crippen molar-refractivity contribution in [3.05, 3.63) is 58.7 Å². The van der Waals surface area contributed by atoms with E-state index < -0.39 is 21.8 Å². The van der Waals surface area contributed by atoms with Crippen LogP contribution in [0, 0.1) is 24.7 Å². The molecule has 0 heterocycles. The molecule has 0 aliphatic carbocycles. The summed E-state index contributed by atoms with van der Waals surface area (Å²) in [5, 5.41) is 18.3. The highest BCUT2D eigenvalue weighted by molar-refractivity contribution is 7.91. The van der Waals surface area contributed by atoms with Gasteiger partial charge < -0.3 is 10.2 Å². The Labute approximate surface area is 143 Å². The van der Waals surface area contributed by atoms with Gasteiger partial charge in [0, 0.05) is 11.1 Å². The molecule has 6 nitrogen and oxygen atoms in total. The molecule has 0 atom stereocenters. The average Bonchev–Trinajstić information content (AvgIpc) is 2.60. The van der Waals surface area contributed by atoms with E-state index in [9.17, 15) is 18.0 Å². The zero-order valence-electron chi connectivity index (χ0n) is 12.6. The summed E-state index contributed by atoms with van der Waals surface area (Å²) >= 11 is 0. The predicted molar refractivity (Wildman–Crippen MR) is 88.1 cm³/mol. The Kier molecular flexibility index (Phi) is 4.64. The number of benzene rings is 2. The van der Waals surface area contributed by atoms with Crippen molar-refractivity contribution in [3.8, 4) is 24.7 Å². The van der Waals surface area contributed by atoms with Crippen molar-refractivity contribution < 1.29 is 28.2 Å². The van der Waals surface area contributed by atoms with Gasteiger partial charge >= 0.3 is 11.9 Å². The molecule has 0 bridgehead atoms. The van der Waals surface area contributed by atoms with Gasteiger partial charge in [0.1, 0.15) is 0 Å². The zero-order chi connectivity index (χ0) is 18.8. The normalized spacial score (nSPS) is 10.5. The van der Waals surface area contributed by atoms with E-state index in [0.29, 0.717) is 0 Å². The van der Waals surface area contributed by atoms with Crippen LogP contribution in [-0.2, 0) is 9.84 Å².